The van der Waals surface area contributed by atoms with Gasteiger partial charge < -0.3 is 0 Å². The standard InChI is InChI=1S/C12H10N2O2/c1-14-11(16)7-10(8-15)12(13-14)9-5-3-2-4-6-9/h2-8H,1H3. The molecule has 80 valence electrons. The first-order valence-corrected chi connectivity index (χ1v) is 4.81. The van der Waals surface area contributed by atoms with E-state index in [1.165, 1.54) is 10.7 Å². The van der Waals surface area contributed by atoms with Crippen LogP contribution in [-0.2, 0) is 7.05 Å². The Balaban J connectivity index is 2.69. The van der Waals surface area contributed by atoms with Crippen molar-refractivity contribution in [2.75, 3.05) is 0 Å². The third-order valence-electron chi connectivity index (χ3n) is 2.30. The molecule has 1 heterocycles. The lowest BCUT2D eigenvalue weighted by Gasteiger charge is -2.05. The molecule has 0 saturated heterocycles. The number of rotatable bonds is 2. The molecule has 4 heteroatoms. The first kappa shape index (κ1) is 10.3. The molecule has 1 aromatic heterocycles. The van der Waals surface area contributed by atoms with Gasteiger partial charge in [0.2, 0.25) is 0 Å². The van der Waals surface area contributed by atoms with E-state index in [9.17, 15) is 9.59 Å². The van der Waals surface area contributed by atoms with Gasteiger partial charge in [-0.1, -0.05) is 30.3 Å². The van der Waals surface area contributed by atoms with Crippen LogP contribution in [-0.4, -0.2) is 16.1 Å². The van der Waals surface area contributed by atoms with Gasteiger partial charge in [0.25, 0.3) is 5.56 Å². The van der Waals surface area contributed by atoms with Crippen molar-refractivity contribution in [1.29, 1.82) is 0 Å². The van der Waals surface area contributed by atoms with Gasteiger partial charge in [-0.25, -0.2) is 4.68 Å². The van der Waals surface area contributed by atoms with Crippen LogP contribution in [0.2, 0.25) is 0 Å². The second-order valence-electron chi connectivity index (χ2n) is 3.39. The summed E-state index contributed by atoms with van der Waals surface area (Å²) in [4.78, 5) is 22.2. The predicted molar refractivity (Wildman–Crippen MR) is 60.3 cm³/mol. The number of benzene rings is 1. The van der Waals surface area contributed by atoms with Crippen molar-refractivity contribution in [3.63, 3.8) is 0 Å². The van der Waals surface area contributed by atoms with Gasteiger partial charge >= 0.3 is 0 Å². The second kappa shape index (κ2) is 4.10. The fourth-order valence-corrected chi connectivity index (χ4v) is 1.46. The van der Waals surface area contributed by atoms with Crippen LogP contribution in [0, 0.1) is 0 Å². The van der Waals surface area contributed by atoms with E-state index < -0.39 is 0 Å². The van der Waals surface area contributed by atoms with E-state index in [4.69, 9.17) is 0 Å². The van der Waals surface area contributed by atoms with Crippen molar-refractivity contribution < 1.29 is 4.79 Å². The van der Waals surface area contributed by atoms with Crippen LogP contribution in [0.3, 0.4) is 0 Å². The minimum absolute atomic E-state index is 0.290. The number of nitrogens with zero attached hydrogens (tertiary/aromatic N) is 2. The number of aromatic nitrogens is 2. The minimum Gasteiger partial charge on any atom is -0.298 e. The largest absolute Gasteiger partial charge is 0.298 e. The van der Waals surface area contributed by atoms with E-state index in [0.717, 1.165) is 5.56 Å². The SMILES string of the molecule is Cn1nc(-c2ccccc2)c(C=O)cc1=O. The highest BCUT2D eigenvalue weighted by Gasteiger charge is 2.08. The smallest absolute Gasteiger partial charge is 0.267 e. The van der Waals surface area contributed by atoms with Crippen molar-refractivity contribution in [2.45, 2.75) is 0 Å². The summed E-state index contributed by atoms with van der Waals surface area (Å²) in [5, 5.41) is 4.09. The maximum atomic E-state index is 11.3. The van der Waals surface area contributed by atoms with Gasteiger partial charge in [0.1, 0.15) is 5.69 Å². The summed E-state index contributed by atoms with van der Waals surface area (Å²) in [5.74, 6) is 0. The molecule has 0 bridgehead atoms. The molecule has 2 rings (SSSR count). The molecule has 0 aliphatic carbocycles. The van der Waals surface area contributed by atoms with Gasteiger partial charge in [-0.2, -0.15) is 5.10 Å². The van der Waals surface area contributed by atoms with E-state index in [0.29, 0.717) is 17.5 Å². The normalized spacial score (nSPS) is 10.1. The molecule has 0 N–H and O–H groups in total. The zero-order valence-corrected chi connectivity index (χ0v) is 8.75. The molecule has 1 aromatic carbocycles. The maximum absolute atomic E-state index is 11.3. The molecular formula is C12H10N2O2. The maximum Gasteiger partial charge on any atom is 0.267 e. The molecule has 0 amide bonds. The first-order valence-electron chi connectivity index (χ1n) is 4.81. The Kier molecular flexibility index (Phi) is 2.64. The Morgan fingerprint density at radius 2 is 1.94 bits per heavy atom. The van der Waals surface area contributed by atoms with Crippen LogP contribution in [0.5, 0.6) is 0 Å². The number of aryl methyl sites for hydroxylation is 1. The number of carbonyl (C=O) groups is 1. The molecule has 4 nitrogen and oxygen atoms in total. The van der Waals surface area contributed by atoms with Gasteiger partial charge in [0.15, 0.2) is 6.29 Å². The van der Waals surface area contributed by atoms with Crippen LogP contribution < -0.4 is 5.56 Å². The Morgan fingerprint density at radius 1 is 1.25 bits per heavy atom. The average molecular weight is 214 g/mol. The van der Waals surface area contributed by atoms with E-state index in [1.54, 1.807) is 7.05 Å². The number of aldehydes is 1. The summed E-state index contributed by atoms with van der Waals surface area (Å²) in [6.45, 7) is 0. The Labute approximate surface area is 92.2 Å². The molecule has 0 fully saturated rings. The highest BCUT2D eigenvalue weighted by atomic mass is 16.1. The minimum atomic E-state index is -0.290. The molecule has 0 aliphatic rings. The summed E-state index contributed by atoms with van der Waals surface area (Å²) < 4.78 is 1.22. The monoisotopic (exact) mass is 214 g/mol. The molecule has 0 aliphatic heterocycles. The molecular weight excluding hydrogens is 204 g/mol. The van der Waals surface area contributed by atoms with Crippen LogP contribution in [0.25, 0.3) is 11.3 Å². The summed E-state index contributed by atoms with van der Waals surface area (Å²) in [7, 11) is 1.56. The average Bonchev–Trinajstić information content (AvgIpc) is 2.33. The highest BCUT2D eigenvalue weighted by molar-refractivity contribution is 5.85. The Bertz CT molecular complexity index is 573. The summed E-state index contributed by atoms with van der Waals surface area (Å²) in [6, 6.07) is 10.6. The van der Waals surface area contributed by atoms with E-state index in [2.05, 4.69) is 5.10 Å². The van der Waals surface area contributed by atoms with E-state index in [-0.39, 0.29) is 5.56 Å². The molecule has 0 saturated carbocycles. The van der Waals surface area contributed by atoms with Crippen molar-refractivity contribution in [3.8, 4) is 11.3 Å². The fourth-order valence-electron chi connectivity index (χ4n) is 1.46. The van der Waals surface area contributed by atoms with Crippen LogP contribution in [0.4, 0.5) is 0 Å². The van der Waals surface area contributed by atoms with Crippen LogP contribution >= 0.6 is 0 Å². The lowest BCUT2D eigenvalue weighted by molar-refractivity contribution is 0.112. The number of hydrogen-bond donors (Lipinski definition) is 0. The number of hydrogen-bond acceptors (Lipinski definition) is 3. The Morgan fingerprint density at radius 3 is 2.56 bits per heavy atom. The van der Waals surface area contributed by atoms with Crippen molar-refractivity contribution in [1.82, 2.24) is 9.78 Å². The van der Waals surface area contributed by atoms with Gasteiger partial charge in [-0.3, -0.25) is 9.59 Å². The van der Waals surface area contributed by atoms with Gasteiger partial charge in [-0.05, 0) is 0 Å². The van der Waals surface area contributed by atoms with Crippen molar-refractivity contribution in [2.24, 2.45) is 7.05 Å². The molecule has 16 heavy (non-hydrogen) atoms. The topological polar surface area (TPSA) is 52.0 Å². The van der Waals surface area contributed by atoms with Gasteiger partial charge in [0.05, 0.1) is 0 Å². The van der Waals surface area contributed by atoms with Crippen molar-refractivity contribution in [3.05, 3.63) is 52.3 Å². The fraction of sp³-hybridized carbons (Fsp3) is 0.0833. The second-order valence-corrected chi connectivity index (χ2v) is 3.39. The van der Waals surface area contributed by atoms with Crippen LogP contribution in [0.1, 0.15) is 10.4 Å². The van der Waals surface area contributed by atoms with Gasteiger partial charge in [-0.15, -0.1) is 0 Å². The number of carbonyl (C=O) groups excluding carboxylic acids is 1. The third kappa shape index (κ3) is 1.77. The predicted octanol–water partition coefficient (Wildman–Crippen LogP) is 1.26. The van der Waals surface area contributed by atoms with Crippen molar-refractivity contribution >= 4 is 6.29 Å². The molecule has 0 spiro atoms. The first-order chi connectivity index (χ1) is 7.72. The van der Waals surface area contributed by atoms with Gasteiger partial charge in [0, 0.05) is 24.2 Å². The molecule has 0 unspecified atom stereocenters. The lowest BCUT2D eigenvalue weighted by Crippen LogP contribution is -2.20. The summed E-state index contributed by atoms with van der Waals surface area (Å²) in [5.41, 5.74) is 1.37. The molecule has 0 radical (unpaired) electrons. The highest BCUT2D eigenvalue weighted by Crippen LogP contribution is 2.17. The summed E-state index contributed by atoms with van der Waals surface area (Å²) in [6.07, 6.45) is 0.650. The quantitative estimate of drug-likeness (QED) is 0.707. The van der Waals surface area contributed by atoms with Crippen LogP contribution in [0.15, 0.2) is 41.2 Å². The zero-order valence-electron chi connectivity index (χ0n) is 8.75. The van der Waals surface area contributed by atoms with E-state index in [1.807, 2.05) is 30.3 Å². The molecule has 0 atom stereocenters. The molecule has 2 aromatic rings. The lowest BCUT2D eigenvalue weighted by atomic mass is 10.1. The third-order valence-corrected chi connectivity index (χ3v) is 2.30. The van der Waals surface area contributed by atoms with E-state index >= 15 is 0 Å². The summed E-state index contributed by atoms with van der Waals surface area (Å²) >= 11 is 0. The zero-order chi connectivity index (χ0) is 11.5. The Hall–Kier alpha value is -2.23.